The number of hydrogen-bond donors (Lipinski definition) is 0. The fraction of sp³-hybridized carbons (Fsp3) is 0.333. The number of hydrogen-bond acceptors (Lipinski definition) is 0. The van der Waals surface area contributed by atoms with Crippen LogP contribution in [0.3, 0.4) is 0 Å². The molecule has 0 saturated heterocycles. The second-order valence-electron chi connectivity index (χ2n) is 9.03. The fourth-order valence-electron chi connectivity index (χ4n) is 4.89. The van der Waals surface area contributed by atoms with Gasteiger partial charge in [0.2, 0.25) is 0 Å². The van der Waals surface area contributed by atoms with Gasteiger partial charge in [0.05, 0.1) is 0 Å². The molecule has 5 rings (SSSR count). The molecule has 0 aliphatic heterocycles. The zero-order valence-electron chi connectivity index (χ0n) is 19.7. The summed E-state index contributed by atoms with van der Waals surface area (Å²) in [5, 5.41) is 2.93. The van der Waals surface area contributed by atoms with Crippen molar-refractivity contribution in [2.75, 3.05) is 0 Å². The van der Waals surface area contributed by atoms with Crippen molar-refractivity contribution in [3.63, 3.8) is 0 Å². The molecule has 4 aromatic rings. The number of benzene rings is 2. The molecule has 1 aliphatic rings. The van der Waals surface area contributed by atoms with E-state index in [0.29, 0.717) is 0 Å². The van der Waals surface area contributed by atoms with Gasteiger partial charge in [0.25, 0.3) is 0 Å². The summed E-state index contributed by atoms with van der Waals surface area (Å²) in [6.45, 7) is 11.0. The fourth-order valence-corrected chi connectivity index (χ4v) is 4.89. The van der Waals surface area contributed by atoms with Gasteiger partial charge >= 0.3 is 0 Å². The van der Waals surface area contributed by atoms with E-state index in [-0.39, 0.29) is 25.8 Å². The van der Waals surface area contributed by atoms with E-state index in [9.17, 15) is 0 Å². The molecule has 160 valence electrons. The molecular formula is C30H34Hf-2. The van der Waals surface area contributed by atoms with Gasteiger partial charge in [0.1, 0.15) is 0 Å². The third-order valence-corrected chi connectivity index (χ3v) is 7.41. The largest absolute Gasteiger partial charge is 0.196 e. The monoisotopic (exact) mass is 574 g/mol. The summed E-state index contributed by atoms with van der Waals surface area (Å²) < 4.78 is 0. The van der Waals surface area contributed by atoms with Crippen molar-refractivity contribution in [2.45, 2.75) is 66.7 Å². The summed E-state index contributed by atoms with van der Waals surface area (Å²) in [5.41, 5.74) is 13.5. The van der Waals surface area contributed by atoms with Crippen LogP contribution >= 0.6 is 0 Å². The molecule has 0 bridgehead atoms. The number of aryl methyl sites for hydroxylation is 4. The minimum atomic E-state index is 0. The van der Waals surface area contributed by atoms with Gasteiger partial charge in [-0.25, -0.2) is 0 Å². The topological polar surface area (TPSA) is 0 Å². The molecule has 0 fully saturated rings. The Labute approximate surface area is 207 Å². The average molecular weight is 573 g/mol. The van der Waals surface area contributed by atoms with Crippen LogP contribution in [0.4, 0.5) is 0 Å². The first kappa shape index (κ1) is 23.9. The van der Waals surface area contributed by atoms with Crippen molar-refractivity contribution >= 4 is 10.8 Å². The molecule has 0 N–H and O–H groups in total. The van der Waals surface area contributed by atoms with Crippen molar-refractivity contribution in [3.8, 4) is 0 Å². The SMILES string of the molecule is Cc1c(C)c(C)[c-](C)c1C.[Hf].c1ccc(CC[c-]2ccc3cc4c(cc32)CCC4)cc1. The van der Waals surface area contributed by atoms with Crippen molar-refractivity contribution in [2.24, 2.45) is 0 Å². The second kappa shape index (κ2) is 10.3. The van der Waals surface area contributed by atoms with E-state index in [4.69, 9.17) is 0 Å². The predicted octanol–water partition coefficient (Wildman–Crippen LogP) is 7.78. The normalized spacial score (nSPS) is 12.3. The van der Waals surface area contributed by atoms with Gasteiger partial charge in [-0.05, 0) is 31.2 Å². The van der Waals surface area contributed by atoms with Gasteiger partial charge in [0.15, 0.2) is 0 Å². The zero-order valence-corrected chi connectivity index (χ0v) is 23.3. The van der Waals surface area contributed by atoms with E-state index in [1.165, 1.54) is 69.0 Å². The van der Waals surface area contributed by atoms with Crippen LogP contribution in [-0.4, -0.2) is 0 Å². The summed E-state index contributed by atoms with van der Waals surface area (Å²) in [6.07, 6.45) is 6.16. The number of rotatable bonds is 3. The molecule has 31 heavy (non-hydrogen) atoms. The maximum Gasteiger partial charge on any atom is 0 e. The second-order valence-corrected chi connectivity index (χ2v) is 9.03. The van der Waals surface area contributed by atoms with Crippen LogP contribution in [0.15, 0.2) is 54.6 Å². The van der Waals surface area contributed by atoms with Gasteiger partial charge in [-0.15, -0.1) is 34.5 Å². The third-order valence-electron chi connectivity index (χ3n) is 7.41. The summed E-state index contributed by atoms with van der Waals surface area (Å²) in [6, 6.07) is 20.3. The summed E-state index contributed by atoms with van der Waals surface area (Å²) in [4.78, 5) is 0. The van der Waals surface area contributed by atoms with E-state index in [1.807, 2.05) is 0 Å². The molecule has 1 aliphatic carbocycles. The van der Waals surface area contributed by atoms with Gasteiger partial charge in [-0.2, -0.15) is 33.9 Å². The molecule has 0 unspecified atom stereocenters. The molecule has 0 aromatic heterocycles. The predicted molar refractivity (Wildman–Crippen MR) is 131 cm³/mol. The summed E-state index contributed by atoms with van der Waals surface area (Å²) >= 11 is 0. The molecule has 0 spiro atoms. The summed E-state index contributed by atoms with van der Waals surface area (Å²) in [7, 11) is 0. The van der Waals surface area contributed by atoms with Crippen LogP contribution in [0, 0.1) is 34.6 Å². The Bertz CT molecular complexity index is 1070. The van der Waals surface area contributed by atoms with E-state index in [2.05, 4.69) is 89.2 Å². The van der Waals surface area contributed by atoms with Crippen molar-refractivity contribution in [1.82, 2.24) is 0 Å². The minimum absolute atomic E-state index is 0. The first-order valence-electron chi connectivity index (χ1n) is 11.4. The van der Waals surface area contributed by atoms with E-state index < -0.39 is 0 Å². The average Bonchev–Trinajstić information content (AvgIpc) is 3.44. The smallest absolute Gasteiger partial charge is 0 e. The Kier molecular flexibility index (Phi) is 7.92. The van der Waals surface area contributed by atoms with Crippen molar-refractivity contribution < 1.29 is 25.8 Å². The van der Waals surface area contributed by atoms with Crippen LogP contribution < -0.4 is 0 Å². The third kappa shape index (κ3) is 5.03. The van der Waals surface area contributed by atoms with Gasteiger partial charge in [-0.1, -0.05) is 82.5 Å². The Hall–Kier alpha value is -1.73. The van der Waals surface area contributed by atoms with E-state index >= 15 is 0 Å². The van der Waals surface area contributed by atoms with Gasteiger partial charge in [0, 0.05) is 25.8 Å². The van der Waals surface area contributed by atoms with Crippen LogP contribution in [-0.2, 0) is 51.5 Å². The first-order valence-corrected chi connectivity index (χ1v) is 11.4. The molecule has 0 heterocycles. The Balaban J connectivity index is 0.000000212. The van der Waals surface area contributed by atoms with Gasteiger partial charge in [-0.3, -0.25) is 0 Å². The molecule has 0 amide bonds. The molecule has 4 aromatic carbocycles. The van der Waals surface area contributed by atoms with E-state index in [1.54, 1.807) is 11.1 Å². The quantitative estimate of drug-likeness (QED) is 0.174. The van der Waals surface area contributed by atoms with Crippen LogP contribution in [0.25, 0.3) is 10.8 Å². The molecule has 0 radical (unpaired) electrons. The molecule has 1 heteroatoms. The van der Waals surface area contributed by atoms with E-state index in [0.717, 1.165) is 12.8 Å². The Morgan fingerprint density at radius 1 is 0.806 bits per heavy atom. The van der Waals surface area contributed by atoms with Crippen LogP contribution in [0.1, 0.15) is 56.5 Å². The van der Waals surface area contributed by atoms with Crippen LogP contribution in [0.2, 0.25) is 0 Å². The molecule has 0 nitrogen and oxygen atoms in total. The Morgan fingerprint density at radius 2 is 1.42 bits per heavy atom. The maximum atomic E-state index is 2.46. The zero-order chi connectivity index (χ0) is 21.3. The van der Waals surface area contributed by atoms with Gasteiger partial charge < -0.3 is 0 Å². The van der Waals surface area contributed by atoms with Crippen LogP contribution in [0.5, 0.6) is 0 Å². The van der Waals surface area contributed by atoms with Crippen molar-refractivity contribution in [3.05, 3.63) is 105 Å². The molecular weight excluding hydrogens is 539 g/mol. The molecule has 0 atom stereocenters. The first-order chi connectivity index (χ1) is 14.5. The number of fused-ring (bicyclic) bond motifs is 2. The minimum Gasteiger partial charge on any atom is -0.196 e. The molecule has 0 saturated carbocycles. The summed E-state index contributed by atoms with van der Waals surface area (Å²) in [5.74, 6) is 0. The maximum absolute atomic E-state index is 2.46. The standard InChI is InChI=1S/C20H19.C10H15.Hf/c1-2-5-15(6-3-1)9-10-16-11-12-19-13-17-7-4-8-18(17)14-20(16)19;1-6-7(2)9(4)10(5)8(6)3;/h1-3,5-6,11-14H,4,7-10H2;1-5H3;/q2*-1;. The Morgan fingerprint density at radius 3 is 2.00 bits per heavy atom. The van der Waals surface area contributed by atoms with Crippen molar-refractivity contribution in [1.29, 1.82) is 0 Å².